The summed E-state index contributed by atoms with van der Waals surface area (Å²) in [6.45, 7) is 0. The van der Waals surface area contributed by atoms with Crippen molar-refractivity contribution in [2.45, 2.75) is 0 Å². The standard InChI is InChI=1S/C13H10N6O3S/c14-7-6-8(5-1-3-17-4-2-5)18-12(15)19-10(6)23-9(7)11(20)22-13(16)21/h1-4H,14H2,(H2,16,21)(H2,15,18,19). The van der Waals surface area contributed by atoms with E-state index in [-0.39, 0.29) is 16.5 Å². The molecule has 0 saturated carbocycles. The molecule has 0 aliphatic rings. The lowest BCUT2D eigenvalue weighted by Crippen LogP contribution is -2.18. The zero-order chi connectivity index (χ0) is 16.6. The molecule has 3 rings (SSSR count). The summed E-state index contributed by atoms with van der Waals surface area (Å²) in [5, 5.41) is 0.451. The molecule has 0 spiro atoms. The van der Waals surface area contributed by atoms with E-state index in [1.54, 1.807) is 24.5 Å². The van der Waals surface area contributed by atoms with Crippen molar-refractivity contribution in [3.63, 3.8) is 0 Å². The zero-order valence-corrected chi connectivity index (χ0v) is 12.3. The number of esters is 1. The van der Waals surface area contributed by atoms with Crippen LogP contribution in [0.4, 0.5) is 16.4 Å². The van der Waals surface area contributed by atoms with Crippen LogP contribution in [0.1, 0.15) is 9.67 Å². The molecule has 0 fully saturated rings. The number of hydrogen-bond donors (Lipinski definition) is 3. The predicted molar refractivity (Wildman–Crippen MR) is 84.5 cm³/mol. The summed E-state index contributed by atoms with van der Waals surface area (Å²) < 4.78 is 4.36. The van der Waals surface area contributed by atoms with Crippen molar-refractivity contribution in [3.8, 4) is 11.3 Å². The highest BCUT2D eigenvalue weighted by Crippen LogP contribution is 2.38. The number of carbonyl (C=O) groups excluding carboxylic acids is 2. The largest absolute Gasteiger partial charge is 0.412 e. The highest BCUT2D eigenvalue weighted by atomic mass is 32.1. The predicted octanol–water partition coefficient (Wildman–Crippen LogP) is 1.15. The van der Waals surface area contributed by atoms with E-state index in [9.17, 15) is 9.59 Å². The van der Waals surface area contributed by atoms with E-state index in [1.165, 1.54) is 0 Å². The van der Waals surface area contributed by atoms with Crippen LogP contribution in [0.15, 0.2) is 24.5 Å². The third-order valence-corrected chi connectivity index (χ3v) is 4.02. The molecule has 10 heteroatoms. The van der Waals surface area contributed by atoms with Crippen LogP contribution >= 0.6 is 11.3 Å². The monoisotopic (exact) mass is 330 g/mol. The van der Waals surface area contributed by atoms with Crippen LogP contribution in [0.25, 0.3) is 21.5 Å². The molecule has 0 aromatic carbocycles. The van der Waals surface area contributed by atoms with E-state index in [0.29, 0.717) is 21.5 Å². The Bertz CT molecular complexity index is 924. The number of amides is 1. The first-order valence-electron chi connectivity index (χ1n) is 6.25. The highest BCUT2D eigenvalue weighted by molar-refractivity contribution is 7.21. The second-order valence-corrected chi connectivity index (χ2v) is 5.40. The molecule has 3 aromatic heterocycles. The molecule has 23 heavy (non-hydrogen) atoms. The van der Waals surface area contributed by atoms with E-state index >= 15 is 0 Å². The van der Waals surface area contributed by atoms with Crippen LogP contribution in [0.2, 0.25) is 0 Å². The summed E-state index contributed by atoms with van der Waals surface area (Å²) in [5.74, 6) is -0.919. The Balaban J connectivity index is 2.25. The van der Waals surface area contributed by atoms with Gasteiger partial charge in [0, 0.05) is 18.0 Å². The van der Waals surface area contributed by atoms with Gasteiger partial charge in [-0.15, -0.1) is 11.3 Å². The third kappa shape index (κ3) is 2.62. The average molecular weight is 330 g/mol. The van der Waals surface area contributed by atoms with Gasteiger partial charge in [0.05, 0.1) is 16.8 Å². The Kier molecular flexibility index (Phi) is 3.50. The lowest BCUT2D eigenvalue weighted by atomic mass is 10.1. The summed E-state index contributed by atoms with van der Waals surface area (Å²) in [4.78, 5) is 35.2. The van der Waals surface area contributed by atoms with Gasteiger partial charge in [-0.3, -0.25) is 4.98 Å². The second kappa shape index (κ2) is 5.50. The summed E-state index contributed by atoms with van der Waals surface area (Å²) in [6.07, 6.45) is 1.96. The van der Waals surface area contributed by atoms with Gasteiger partial charge in [0.1, 0.15) is 9.71 Å². The zero-order valence-electron chi connectivity index (χ0n) is 11.5. The fourth-order valence-electron chi connectivity index (χ4n) is 2.05. The van der Waals surface area contributed by atoms with Crippen LogP contribution in [0.5, 0.6) is 0 Å². The van der Waals surface area contributed by atoms with Crippen molar-refractivity contribution in [2.75, 3.05) is 11.5 Å². The van der Waals surface area contributed by atoms with Gasteiger partial charge in [0.2, 0.25) is 5.95 Å². The highest BCUT2D eigenvalue weighted by Gasteiger charge is 2.23. The van der Waals surface area contributed by atoms with Crippen molar-refractivity contribution in [2.24, 2.45) is 5.73 Å². The van der Waals surface area contributed by atoms with Crippen molar-refractivity contribution in [1.82, 2.24) is 15.0 Å². The van der Waals surface area contributed by atoms with Gasteiger partial charge in [0.15, 0.2) is 0 Å². The van der Waals surface area contributed by atoms with Crippen LogP contribution in [0.3, 0.4) is 0 Å². The van der Waals surface area contributed by atoms with Gasteiger partial charge in [-0.05, 0) is 12.1 Å². The third-order valence-electron chi connectivity index (χ3n) is 2.94. The summed E-state index contributed by atoms with van der Waals surface area (Å²) in [5.41, 5.74) is 17.9. The second-order valence-electron chi connectivity index (χ2n) is 4.40. The van der Waals surface area contributed by atoms with Gasteiger partial charge in [-0.1, -0.05) is 0 Å². The number of pyridine rings is 1. The van der Waals surface area contributed by atoms with Gasteiger partial charge in [-0.2, -0.15) is 0 Å². The number of fused-ring (bicyclic) bond motifs is 1. The van der Waals surface area contributed by atoms with E-state index < -0.39 is 12.1 Å². The number of nitrogen functional groups attached to an aromatic ring is 2. The van der Waals surface area contributed by atoms with Crippen LogP contribution in [-0.4, -0.2) is 27.0 Å². The van der Waals surface area contributed by atoms with E-state index in [4.69, 9.17) is 17.2 Å². The summed E-state index contributed by atoms with van der Waals surface area (Å²) in [6, 6.07) is 3.44. The van der Waals surface area contributed by atoms with Crippen molar-refractivity contribution >= 4 is 45.3 Å². The Labute approximate surface area is 133 Å². The van der Waals surface area contributed by atoms with E-state index in [0.717, 1.165) is 11.3 Å². The molecule has 116 valence electrons. The first-order chi connectivity index (χ1) is 11.0. The maximum Gasteiger partial charge on any atom is 0.412 e. The quantitative estimate of drug-likeness (QED) is 0.466. The molecule has 6 N–H and O–H groups in total. The molecule has 0 aliphatic heterocycles. The molecule has 0 bridgehead atoms. The van der Waals surface area contributed by atoms with Crippen molar-refractivity contribution < 1.29 is 14.3 Å². The number of aromatic nitrogens is 3. The Morgan fingerprint density at radius 2 is 1.83 bits per heavy atom. The van der Waals surface area contributed by atoms with Gasteiger partial charge >= 0.3 is 12.1 Å². The van der Waals surface area contributed by atoms with Crippen LogP contribution in [-0.2, 0) is 4.74 Å². The maximum absolute atomic E-state index is 11.9. The molecule has 0 saturated heterocycles. The summed E-state index contributed by atoms with van der Waals surface area (Å²) >= 11 is 0.943. The number of carbonyl (C=O) groups is 2. The van der Waals surface area contributed by atoms with Gasteiger partial charge < -0.3 is 21.9 Å². The molecule has 9 nitrogen and oxygen atoms in total. The fraction of sp³-hybridized carbons (Fsp3) is 0. The van der Waals surface area contributed by atoms with Gasteiger partial charge in [-0.25, -0.2) is 19.6 Å². The molecule has 3 heterocycles. The molecule has 3 aromatic rings. The molecule has 0 aliphatic carbocycles. The number of thiophene rings is 1. The molecule has 0 atom stereocenters. The molecule has 1 amide bonds. The molecule has 0 radical (unpaired) electrons. The first-order valence-corrected chi connectivity index (χ1v) is 7.06. The average Bonchev–Trinajstić information content (AvgIpc) is 2.83. The number of nitrogens with two attached hydrogens (primary N) is 3. The minimum atomic E-state index is -1.22. The summed E-state index contributed by atoms with van der Waals surface area (Å²) in [7, 11) is 0. The smallest absolute Gasteiger partial charge is 0.397 e. The fourth-order valence-corrected chi connectivity index (χ4v) is 3.02. The number of hydrogen-bond acceptors (Lipinski definition) is 9. The van der Waals surface area contributed by atoms with Gasteiger partial charge in [0.25, 0.3) is 0 Å². The number of ether oxygens (including phenoxy) is 1. The number of anilines is 2. The normalized spacial score (nSPS) is 10.6. The molecular formula is C13H10N6O3S. The van der Waals surface area contributed by atoms with Crippen molar-refractivity contribution in [3.05, 3.63) is 29.4 Å². The number of primary amides is 1. The van der Waals surface area contributed by atoms with Crippen LogP contribution in [0, 0.1) is 0 Å². The molecular weight excluding hydrogens is 320 g/mol. The number of rotatable bonds is 2. The minimum absolute atomic E-state index is 0.00834. The Morgan fingerprint density at radius 3 is 2.48 bits per heavy atom. The molecule has 0 unspecified atom stereocenters. The SMILES string of the molecule is NC(=O)OC(=O)c1sc2nc(N)nc(-c3ccncc3)c2c1N. The Hall–Kier alpha value is -3.27. The topological polar surface area (TPSA) is 160 Å². The van der Waals surface area contributed by atoms with Crippen molar-refractivity contribution in [1.29, 1.82) is 0 Å². The maximum atomic E-state index is 11.9. The number of nitrogens with zero attached hydrogens (tertiary/aromatic N) is 3. The minimum Gasteiger partial charge on any atom is -0.397 e. The Morgan fingerprint density at radius 1 is 1.13 bits per heavy atom. The lowest BCUT2D eigenvalue weighted by Gasteiger charge is -2.04. The first kappa shape index (κ1) is 14.7. The van der Waals surface area contributed by atoms with Crippen LogP contribution < -0.4 is 17.2 Å². The van der Waals surface area contributed by atoms with E-state index in [1.807, 2.05) is 0 Å². The van der Waals surface area contributed by atoms with E-state index in [2.05, 4.69) is 19.7 Å². The lowest BCUT2D eigenvalue weighted by molar-refractivity contribution is 0.0644.